The monoisotopic (exact) mass is 559 g/mol. The Labute approximate surface area is 244 Å². The van der Waals surface area contributed by atoms with Gasteiger partial charge in [-0.1, -0.05) is 36.4 Å². The second kappa shape index (κ2) is 11.4. The number of ether oxygens (including phenoxy) is 1. The Balaban J connectivity index is 1.27. The van der Waals surface area contributed by atoms with Crippen molar-refractivity contribution in [2.75, 3.05) is 19.5 Å². The fourth-order valence-electron chi connectivity index (χ4n) is 5.52. The summed E-state index contributed by atoms with van der Waals surface area (Å²) in [5.41, 5.74) is 10.6. The second-order valence-electron chi connectivity index (χ2n) is 10.4. The number of aliphatic imine (C=N–C) groups is 1. The van der Waals surface area contributed by atoms with E-state index in [0.717, 1.165) is 47.3 Å². The molecule has 9 nitrogen and oxygen atoms in total. The van der Waals surface area contributed by atoms with Crippen LogP contribution in [0.25, 0.3) is 16.7 Å². The summed E-state index contributed by atoms with van der Waals surface area (Å²) in [6.07, 6.45) is 14.5. The Kier molecular flexibility index (Phi) is 7.31. The predicted octanol–water partition coefficient (Wildman–Crippen LogP) is 5.07. The number of benzene rings is 2. The number of nitrogens with one attached hydrogen (secondary N) is 2. The number of carbonyl (C=O) groups excluding carboxylic acids is 1. The van der Waals surface area contributed by atoms with Crippen LogP contribution in [0.4, 0.5) is 5.69 Å². The molecule has 212 valence electrons. The molecule has 2 aromatic heterocycles. The molecule has 1 aliphatic heterocycles. The molecule has 0 spiro atoms. The molecule has 2 aromatic carbocycles. The molecule has 1 amide bonds. The van der Waals surface area contributed by atoms with Crippen molar-refractivity contribution in [3.8, 4) is 16.9 Å². The number of hydrogen-bond acceptors (Lipinski definition) is 6. The van der Waals surface area contributed by atoms with Gasteiger partial charge >= 0.3 is 0 Å². The van der Waals surface area contributed by atoms with E-state index in [1.54, 1.807) is 26.3 Å². The molecule has 0 saturated carbocycles. The van der Waals surface area contributed by atoms with Crippen LogP contribution in [0.5, 0.6) is 5.75 Å². The van der Waals surface area contributed by atoms with Crippen LogP contribution in [0.1, 0.15) is 39.3 Å². The van der Waals surface area contributed by atoms with Crippen LogP contribution in [0.2, 0.25) is 0 Å². The van der Waals surface area contributed by atoms with E-state index in [-0.39, 0.29) is 5.91 Å². The average molecular weight is 560 g/mol. The van der Waals surface area contributed by atoms with E-state index < -0.39 is 0 Å². The number of fused-ring (bicyclic) bond motifs is 2. The summed E-state index contributed by atoms with van der Waals surface area (Å²) in [6, 6.07) is 13.9. The van der Waals surface area contributed by atoms with Crippen LogP contribution < -0.4 is 15.4 Å². The molecule has 0 bridgehead atoms. The van der Waals surface area contributed by atoms with Gasteiger partial charge in [-0.2, -0.15) is 10.2 Å². The molecule has 9 heteroatoms. The summed E-state index contributed by atoms with van der Waals surface area (Å²) >= 11 is 0. The highest BCUT2D eigenvalue weighted by atomic mass is 16.5. The van der Waals surface area contributed by atoms with Crippen molar-refractivity contribution in [1.29, 1.82) is 0 Å². The van der Waals surface area contributed by atoms with E-state index in [1.807, 2.05) is 60.3 Å². The summed E-state index contributed by atoms with van der Waals surface area (Å²) < 4.78 is 9.39. The Morgan fingerprint density at radius 1 is 1.10 bits per heavy atom. The van der Waals surface area contributed by atoms with E-state index in [1.165, 1.54) is 22.4 Å². The SMILES string of the molecule is CNC(=O)c1ccc(NC2=C/C=C/C3=C(/C=N\2)CCc2nn(C)c(Cc4cccc(-c5cnn(C)c5)c4)c23)c(OC)c1. The molecule has 2 aliphatic rings. The van der Waals surface area contributed by atoms with E-state index in [4.69, 9.17) is 14.8 Å². The smallest absolute Gasteiger partial charge is 0.251 e. The van der Waals surface area contributed by atoms with Crippen LogP contribution in [-0.4, -0.2) is 45.8 Å². The fourth-order valence-corrected chi connectivity index (χ4v) is 5.52. The van der Waals surface area contributed by atoms with Crippen molar-refractivity contribution >= 4 is 23.4 Å². The minimum absolute atomic E-state index is 0.168. The van der Waals surface area contributed by atoms with Crippen LogP contribution in [0, 0.1) is 0 Å². The molecule has 0 fully saturated rings. The summed E-state index contributed by atoms with van der Waals surface area (Å²) in [7, 11) is 7.16. The Morgan fingerprint density at radius 3 is 2.76 bits per heavy atom. The lowest BCUT2D eigenvalue weighted by Crippen LogP contribution is -2.17. The van der Waals surface area contributed by atoms with Crippen molar-refractivity contribution in [3.63, 3.8) is 0 Å². The molecular weight excluding hydrogens is 526 g/mol. The Morgan fingerprint density at radius 2 is 1.98 bits per heavy atom. The van der Waals surface area contributed by atoms with E-state index in [9.17, 15) is 4.79 Å². The predicted molar refractivity (Wildman–Crippen MR) is 166 cm³/mol. The van der Waals surface area contributed by atoms with Gasteiger partial charge < -0.3 is 15.4 Å². The number of rotatable bonds is 7. The lowest BCUT2D eigenvalue weighted by Gasteiger charge is -2.19. The van der Waals surface area contributed by atoms with Crippen LogP contribution >= 0.6 is 0 Å². The highest BCUT2D eigenvalue weighted by Crippen LogP contribution is 2.36. The number of carbonyl (C=O) groups is 1. The molecule has 0 radical (unpaired) electrons. The minimum atomic E-state index is -0.168. The molecule has 3 heterocycles. The zero-order valence-corrected chi connectivity index (χ0v) is 24.2. The third-order valence-electron chi connectivity index (χ3n) is 7.65. The van der Waals surface area contributed by atoms with Gasteiger partial charge in [-0.05, 0) is 59.4 Å². The van der Waals surface area contributed by atoms with Gasteiger partial charge in [0.2, 0.25) is 0 Å². The number of hydrogen-bond donors (Lipinski definition) is 2. The van der Waals surface area contributed by atoms with Gasteiger partial charge in [0.05, 0.1) is 30.4 Å². The summed E-state index contributed by atoms with van der Waals surface area (Å²) in [6.45, 7) is 0. The minimum Gasteiger partial charge on any atom is -0.495 e. The largest absolute Gasteiger partial charge is 0.495 e. The maximum atomic E-state index is 12.0. The van der Waals surface area contributed by atoms with Gasteiger partial charge in [-0.25, -0.2) is 4.99 Å². The summed E-state index contributed by atoms with van der Waals surface area (Å²) in [5, 5.41) is 15.2. The summed E-state index contributed by atoms with van der Waals surface area (Å²) in [5.74, 6) is 1.07. The topological polar surface area (TPSA) is 98.4 Å². The number of nitrogens with zero attached hydrogens (tertiary/aromatic N) is 5. The van der Waals surface area contributed by atoms with Crippen molar-refractivity contribution in [2.45, 2.75) is 19.3 Å². The van der Waals surface area contributed by atoms with Gasteiger partial charge in [-0.3, -0.25) is 14.2 Å². The third-order valence-corrected chi connectivity index (χ3v) is 7.65. The molecule has 6 rings (SSSR count). The zero-order valence-electron chi connectivity index (χ0n) is 24.2. The van der Waals surface area contributed by atoms with E-state index in [0.29, 0.717) is 17.1 Å². The second-order valence-corrected chi connectivity index (χ2v) is 10.4. The lowest BCUT2D eigenvalue weighted by molar-refractivity contribution is 0.0963. The first-order chi connectivity index (χ1) is 20.4. The standard InChI is InChI=1S/C33H33N7O2/c1-34-33(41)23-11-13-27(30(17-23)42-4)37-31-10-6-9-26-24(18-35-31)12-14-28-32(26)29(40(3)38-28)16-21-7-5-8-22(15-21)25-19-36-39(2)20-25/h5-11,13,15,17-20H,12,14,16H2,1-4H3,(H,34,41)(H,35,37). The quantitative estimate of drug-likeness (QED) is 0.329. The van der Waals surface area contributed by atoms with Crippen molar-refractivity contribution < 1.29 is 9.53 Å². The van der Waals surface area contributed by atoms with E-state index >= 15 is 0 Å². The number of anilines is 1. The number of amides is 1. The van der Waals surface area contributed by atoms with Crippen LogP contribution in [0.3, 0.4) is 0 Å². The number of allylic oxidation sites excluding steroid dienone is 5. The first-order valence-electron chi connectivity index (χ1n) is 13.9. The Hall–Kier alpha value is -5.18. The fraction of sp³-hybridized carbons (Fsp3) is 0.212. The van der Waals surface area contributed by atoms with Gasteiger partial charge in [-0.15, -0.1) is 0 Å². The van der Waals surface area contributed by atoms with Crippen molar-refractivity contribution in [1.82, 2.24) is 24.9 Å². The third kappa shape index (κ3) is 5.28. The zero-order chi connectivity index (χ0) is 29.2. The maximum Gasteiger partial charge on any atom is 0.251 e. The number of aromatic nitrogens is 4. The summed E-state index contributed by atoms with van der Waals surface area (Å²) in [4.78, 5) is 16.8. The Bertz CT molecular complexity index is 1800. The van der Waals surface area contributed by atoms with Crippen LogP contribution in [-0.2, 0) is 26.9 Å². The van der Waals surface area contributed by atoms with Gasteiger partial charge in [0.15, 0.2) is 0 Å². The molecule has 4 aromatic rings. The maximum absolute atomic E-state index is 12.0. The number of aryl methyl sites for hydroxylation is 3. The van der Waals surface area contributed by atoms with Gasteiger partial charge in [0, 0.05) is 56.7 Å². The van der Waals surface area contributed by atoms with Gasteiger partial charge in [0.25, 0.3) is 5.91 Å². The van der Waals surface area contributed by atoms with Crippen molar-refractivity contribution in [2.24, 2.45) is 19.1 Å². The van der Waals surface area contributed by atoms with Crippen LogP contribution in [0.15, 0.2) is 89.5 Å². The normalized spacial score (nSPS) is 16.8. The lowest BCUT2D eigenvalue weighted by atomic mass is 9.86. The molecular formula is C33H33N7O2. The average Bonchev–Trinajstić information content (AvgIpc) is 3.57. The first-order valence-corrected chi connectivity index (χ1v) is 13.9. The van der Waals surface area contributed by atoms with E-state index in [2.05, 4.69) is 46.1 Å². The van der Waals surface area contributed by atoms with Crippen molar-refractivity contribution in [3.05, 3.63) is 113 Å². The highest BCUT2D eigenvalue weighted by molar-refractivity contribution is 5.98. The number of methoxy groups -OCH3 is 1. The molecule has 0 saturated heterocycles. The first kappa shape index (κ1) is 27.0. The molecule has 0 atom stereocenters. The van der Waals surface area contributed by atoms with Gasteiger partial charge in [0.1, 0.15) is 11.6 Å². The molecule has 42 heavy (non-hydrogen) atoms. The highest BCUT2D eigenvalue weighted by Gasteiger charge is 2.25. The molecule has 2 N–H and O–H groups in total. The molecule has 1 aliphatic carbocycles. The molecule has 0 unspecified atom stereocenters.